The van der Waals surface area contributed by atoms with E-state index in [1.54, 1.807) is 7.11 Å². The highest BCUT2D eigenvalue weighted by Gasteiger charge is 2.28. The van der Waals surface area contributed by atoms with Crippen LogP contribution in [0.2, 0.25) is 0 Å². The Hall–Kier alpha value is -0.0800. The molecule has 1 fully saturated rings. The fraction of sp³-hybridized carbons (Fsp3) is 0.938. The molecule has 132 valence electrons. The molecule has 22 heavy (non-hydrogen) atoms. The fourth-order valence-electron chi connectivity index (χ4n) is 2.34. The van der Waals surface area contributed by atoms with Crippen molar-refractivity contribution in [3.63, 3.8) is 0 Å². The summed E-state index contributed by atoms with van der Waals surface area (Å²) in [5, 5.41) is 6.76. The Morgan fingerprint density at radius 2 is 1.95 bits per heavy atom. The minimum atomic E-state index is 0. The topological polar surface area (TPSA) is 48.9 Å². The van der Waals surface area contributed by atoms with E-state index in [2.05, 4.69) is 34.4 Å². The van der Waals surface area contributed by atoms with Gasteiger partial charge in [0.15, 0.2) is 5.96 Å². The Bertz CT molecular complexity index is 285. The van der Waals surface area contributed by atoms with Crippen LogP contribution in [0.1, 0.15) is 46.0 Å². The summed E-state index contributed by atoms with van der Waals surface area (Å²) in [7, 11) is 1.77. The highest BCUT2D eigenvalue weighted by atomic mass is 127. The Morgan fingerprint density at radius 1 is 1.18 bits per heavy atom. The number of aliphatic imine (C=N–C) groups is 1. The van der Waals surface area contributed by atoms with E-state index < -0.39 is 0 Å². The second-order valence-electron chi connectivity index (χ2n) is 5.65. The molecule has 1 rings (SSSR count). The molecule has 5 nitrogen and oxygen atoms in total. The maximum atomic E-state index is 5.19. The summed E-state index contributed by atoms with van der Waals surface area (Å²) in [6.45, 7) is 10.0. The Labute approximate surface area is 153 Å². The average molecular weight is 426 g/mol. The summed E-state index contributed by atoms with van der Waals surface area (Å²) in [4.78, 5) is 7.15. The monoisotopic (exact) mass is 426 g/mol. The molecule has 0 heterocycles. The average Bonchev–Trinajstić information content (AvgIpc) is 3.31. The maximum absolute atomic E-state index is 5.19. The number of guanidine groups is 1. The highest BCUT2D eigenvalue weighted by molar-refractivity contribution is 14.0. The maximum Gasteiger partial charge on any atom is 0.191 e. The summed E-state index contributed by atoms with van der Waals surface area (Å²) in [6, 6.07) is 0.783. The predicted molar refractivity (Wildman–Crippen MR) is 105 cm³/mol. The zero-order chi connectivity index (χ0) is 15.3. The molecule has 0 bridgehead atoms. The van der Waals surface area contributed by atoms with Crippen LogP contribution in [-0.2, 0) is 4.74 Å². The zero-order valence-corrected chi connectivity index (χ0v) is 16.9. The van der Waals surface area contributed by atoms with Gasteiger partial charge in [0.05, 0.1) is 6.61 Å². The van der Waals surface area contributed by atoms with Crippen molar-refractivity contribution in [2.75, 3.05) is 46.4 Å². The zero-order valence-electron chi connectivity index (χ0n) is 14.6. The number of hydrogen-bond acceptors (Lipinski definition) is 3. The Balaban J connectivity index is 0.00000441. The van der Waals surface area contributed by atoms with Crippen LogP contribution < -0.4 is 10.6 Å². The van der Waals surface area contributed by atoms with E-state index in [1.807, 2.05) is 0 Å². The molecule has 0 aromatic heterocycles. The van der Waals surface area contributed by atoms with E-state index in [-0.39, 0.29) is 24.0 Å². The molecular weight excluding hydrogens is 391 g/mol. The molecule has 1 aliphatic rings. The second kappa shape index (κ2) is 14.5. The van der Waals surface area contributed by atoms with E-state index >= 15 is 0 Å². The summed E-state index contributed by atoms with van der Waals surface area (Å²) in [6.07, 6.45) is 6.36. The molecule has 2 N–H and O–H groups in total. The van der Waals surface area contributed by atoms with Gasteiger partial charge in [0.2, 0.25) is 0 Å². The largest absolute Gasteiger partial charge is 0.383 e. The molecule has 0 unspecified atom stereocenters. The van der Waals surface area contributed by atoms with E-state index in [0.717, 1.165) is 51.3 Å². The van der Waals surface area contributed by atoms with Crippen LogP contribution >= 0.6 is 24.0 Å². The number of hydrogen-bond donors (Lipinski definition) is 2. The molecule has 0 saturated heterocycles. The Morgan fingerprint density at radius 3 is 2.55 bits per heavy atom. The van der Waals surface area contributed by atoms with Crippen LogP contribution in [-0.4, -0.2) is 63.3 Å². The third kappa shape index (κ3) is 10.6. The molecular formula is C16H35IN4O. The van der Waals surface area contributed by atoms with Crippen molar-refractivity contribution in [1.82, 2.24) is 15.5 Å². The lowest BCUT2D eigenvalue weighted by molar-refractivity contribution is 0.144. The first-order valence-electron chi connectivity index (χ1n) is 8.57. The highest BCUT2D eigenvalue weighted by Crippen LogP contribution is 2.25. The van der Waals surface area contributed by atoms with Gasteiger partial charge < -0.3 is 15.4 Å². The first-order valence-corrected chi connectivity index (χ1v) is 8.57. The van der Waals surface area contributed by atoms with Crippen LogP contribution in [0.15, 0.2) is 4.99 Å². The number of ether oxygens (including phenoxy) is 1. The molecule has 0 aromatic rings. The number of nitrogens with zero attached hydrogens (tertiary/aromatic N) is 2. The number of halogens is 1. The quantitative estimate of drug-likeness (QED) is 0.218. The van der Waals surface area contributed by atoms with E-state index in [0.29, 0.717) is 0 Å². The van der Waals surface area contributed by atoms with Crippen LogP contribution in [0.3, 0.4) is 0 Å². The lowest BCUT2D eigenvalue weighted by Crippen LogP contribution is -2.42. The Kier molecular flexibility index (Phi) is 14.5. The summed E-state index contributed by atoms with van der Waals surface area (Å²) in [5.74, 6) is 0.955. The SMILES string of the molecule is CCCCCN=C(NCC)NCCN(CCOC)C1CC1.I. The summed E-state index contributed by atoms with van der Waals surface area (Å²) in [5.41, 5.74) is 0. The number of nitrogens with one attached hydrogen (secondary N) is 2. The fourth-order valence-corrected chi connectivity index (χ4v) is 2.34. The van der Waals surface area contributed by atoms with Crippen molar-refractivity contribution in [2.45, 2.75) is 52.0 Å². The molecule has 0 aliphatic heterocycles. The number of rotatable bonds is 12. The molecule has 1 aliphatic carbocycles. The minimum Gasteiger partial charge on any atom is -0.383 e. The van der Waals surface area contributed by atoms with E-state index in [1.165, 1.54) is 32.1 Å². The smallest absolute Gasteiger partial charge is 0.191 e. The standard InChI is InChI=1S/C16H34N4O.HI/c1-4-6-7-10-18-16(17-5-2)19-11-12-20(13-14-21-3)15-8-9-15;/h15H,4-14H2,1-3H3,(H2,17,18,19);1H. The molecule has 0 aromatic carbocycles. The van der Waals surface area contributed by atoms with Gasteiger partial charge in [0.1, 0.15) is 0 Å². The normalized spacial score (nSPS) is 14.8. The van der Waals surface area contributed by atoms with Crippen LogP contribution in [0.4, 0.5) is 0 Å². The summed E-state index contributed by atoms with van der Waals surface area (Å²) < 4.78 is 5.19. The molecule has 0 amide bonds. The van der Waals surface area contributed by atoms with Crippen molar-refractivity contribution in [3.05, 3.63) is 0 Å². The van der Waals surface area contributed by atoms with Crippen LogP contribution in [0.5, 0.6) is 0 Å². The third-order valence-electron chi connectivity index (χ3n) is 3.71. The van der Waals surface area contributed by atoms with Gasteiger partial charge in [0.25, 0.3) is 0 Å². The van der Waals surface area contributed by atoms with Crippen molar-refractivity contribution in [1.29, 1.82) is 0 Å². The van der Waals surface area contributed by atoms with Crippen LogP contribution in [0, 0.1) is 0 Å². The molecule has 0 spiro atoms. The third-order valence-corrected chi connectivity index (χ3v) is 3.71. The van der Waals surface area contributed by atoms with E-state index in [9.17, 15) is 0 Å². The van der Waals surface area contributed by atoms with E-state index in [4.69, 9.17) is 4.74 Å². The van der Waals surface area contributed by atoms with Gasteiger partial charge in [-0.2, -0.15) is 0 Å². The number of methoxy groups -OCH3 is 1. The molecule has 0 radical (unpaired) electrons. The van der Waals surface area contributed by atoms with Gasteiger partial charge in [0, 0.05) is 45.9 Å². The predicted octanol–water partition coefficient (Wildman–Crippen LogP) is 2.46. The number of unbranched alkanes of at least 4 members (excludes halogenated alkanes) is 2. The molecule has 1 saturated carbocycles. The van der Waals surface area contributed by atoms with Gasteiger partial charge in [-0.05, 0) is 26.2 Å². The minimum absolute atomic E-state index is 0. The van der Waals surface area contributed by atoms with Crippen molar-refractivity contribution < 1.29 is 4.74 Å². The van der Waals surface area contributed by atoms with Gasteiger partial charge in [-0.3, -0.25) is 9.89 Å². The second-order valence-corrected chi connectivity index (χ2v) is 5.65. The van der Waals surface area contributed by atoms with Gasteiger partial charge in [-0.25, -0.2) is 0 Å². The van der Waals surface area contributed by atoms with Crippen molar-refractivity contribution in [2.24, 2.45) is 4.99 Å². The molecule has 6 heteroatoms. The lowest BCUT2D eigenvalue weighted by atomic mass is 10.2. The first kappa shape index (κ1) is 21.9. The van der Waals surface area contributed by atoms with Crippen molar-refractivity contribution >= 4 is 29.9 Å². The van der Waals surface area contributed by atoms with Crippen molar-refractivity contribution in [3.8, 4) is 0 Å². The van der Waals surface area contributed by atoms with Gasteiger partial charge >= 0.3 is 0 Å². The van der Waals surface area contributed by atoms with Gasteiger partial charge in [-0.1, -0.05) is 19.8 Å². The van der Waals surface area contributed by atoms with Gasteiger partial charge in [-0.15, -0.1) is 24.0 Å². The van der Waals surface area contributed by atoms with Crippen LogP contribution in [0.25, 0.3) is 0 Å². The molecule has 0 atom stereocenters. The first-order chi connectivity index (χ1) is 10.3. The lowest BCUT2D eigenvalue weighted by Gasteiger charge is -2.22. The summed E-state index contributed by atoms with van der Waals surface area (Å²) >= 11 is 0.